The second-order valence-corrected chi connectivity index (χ2v) is 9.92. The molecule has 1 fully saturated rings. The van der Waals surface area contributed by atoms with Gasteiger partial charge in [-0.3, -0.25) is 4.57 Å². The van der Waals surface area contributed by atoms with Gasteiger partial charge in [-0.2, -0.15) is 18.2 Å². The lowest BCUT2D eigenvalue weighted by molar-refractivity contribution is -0.137. The van der Waals surface area contributed by atoms with Gasteiger partial charge in [-0.1, -0.05) is 0 Å². The third-order valence-electron chi connectivity index (χ3n) is 6.61. The van der Waals surface area contributed by atoms with Crippen LogP contribution in [-0.4, -0.2) is 54.2 Å². The first-order valence-electron chi connectivity index (χ1n) is 11.4. The van der Waals surface area contributed by atoms with Crippen molar-refractivity contribution in [2.45, 2.75) is 36.7 Å². The molecule has 3 heterocycles. The van der Waals surface area contributed by atoms with Crippen LogP contribution in [0.3, 0.4) is 0 Å². The average molecular weight is 527 g/mol. The van der Waals surface area contributed by atoms with E-state index < -0.39 is 46.3 Å². The molecule has 0 aliphatic carbocycles. The number of anilines is 1. The highest BCUT2D eigenvalue weighted by Crippen LogP contribution is 2.48. The van der Waals surface area contributed by atoms with Crippen LogP contribution < -0.4 is 15.9 Å². The van der Waals surface area contributed by atoms with E-state index >= 15 is 0 Å². The lowest BCUT2D eigenvalue weighted by atomic mass is 9.95. The molecule has 2 aromatic carbocycles. The second-order valence-electron chi connectivity index (χ2n) is 8.89. The molecule has 3 aromatic rings. The number of ether oxygens (including phenoxy) is 1. The van der Waals surface area contributed by atoms with E-state index in [9.17, 15) is 26.7 Å². The van der Waals surface area contributed by atoms with Crippen LogP contribution >= 0.6 is 11.8 Å². The SMILES string of the molecule is COC1CSc2c(-c3ccc(F)cc3F)c(C(F)(F)F)cc3c(N4CCNC[C@@H]4C)nc(=O)n(c23)C1. The number of halogens is 5. The summed E-state index contributed by atoms with van der Waals surface area (Å²) in [5.74, 6) is -1.64. The molecule has 0 saturated carbocycles. The van der Waals surface area contributed by atoms with E-state index in [1.54, 1.807) is 0 Å². The molecule has 2 aliphatic heterocycles. The Balaban J connectivity index is 1.93. The second kappa shape index (κ2) is 9.31. The zero-order chi connectivity index (χ0) is 25.8. The Morgan fingerprint density at radius 3 is 2.67 bits per heavy atom. The fourth-order valence-electron chi connectivity index (χ4n) is 4.84. The Hall–Kier alpha value is -2.70. The Labute approximate surface area is 207 Å². The molecular formula is C24H23F5N4O2S. The highest BCUT2D eigenvalue weighted by molar-refractivity contribution is 7.99. The van der Waals surface area contributed by atoms with Crippen LogP contribution in [0.15, 0.2) is 34.0 Å². The summed E-state index contributed by atoms with van der Waals surface area (Å²) in [6.07, 6.45) is -5.35. The van der Waals surface area contributed by atoms with Gasteiger partial charge in [-0.05, 0) is 25.1 Å². The number of benzene rings is 2. The van der Waals surface area contributed by atoms with E-state index in [0.717, 1.165) is 30.0 Å². The molecule has 0 bridgehead atoms. The number of nitrogens with one attached hydrogen (secondary N) is 1. The number of hydrogen-bond donors (Lipinski definition) is 1. The smallest absolute Gasteiger partial charge is 0.379 e. The van der Waals surface area contributed by atoms with E-state index in [2.05, 4.69) is 10.3 Å². The third kappa shape index (κ3) is 4.24. The predicted molar refractivity (Wildman–Crippen MR) is 128 cm³/mol. The predicted octanol–water partition coefficient (Wildman–Crippen LogP) is 4.28. The van der Waals surface area contributed by atoms with Crippen molar-refractivity contribution in [3.05, 3.63) is 51.9 Å². The maximum Gasteiger partial charge on any atom is 0.417 e. The summed E-state index contributed by atoms with van der Waals surface area (Å²) in [5, 5.41) is 3.37. The standard InChI is InChI=1S/C24H23F5N4O2S/c1-12-9-30-5-6-32(12)22-16-8-17(24(27,28)29)19(15-4-3-13(25)7-18(15)26)21-20(16)33(23(34)31-22)10-14(35-2)11-36-21/h3-4,7-8,12,14,30H,5-6,9-11H2,1-2H3/t12-,14?/m0/s1. The molecule has 6 nitrogen and oxygen atoms in total. The largest absolute Gasteiger partial charge is 0.417 e. The number of nitrogens with zero attached hydrogens (tertiary/aromatic N) is 3. The molecule has 36 heavy (non-hydrogen) atoms. The lowest BCUT2D eigenvalue weighted by Crippen LogP contribution is -2.51. The van der Waals surface area contributed by atoms with Gasteiger partial charge >= 0.3 is 11.9 Å². The number of thioether (sulfide) groups is 1. The van der Waals surface area contributed by atoms with Crippen LogP contribution in [0, 0.1) is 11.6 Å². The topological polar surface area (TPSA) is 59.4 Å². The third-order valence-corrected chi connectivity index (χ3v) is 7.84. The van der Waals surface area contributed by atoms with Crippen molar-refractivity contribution in [1.82, 2.24) is 14.9 Å². The van der Waals surface area contributed by atoms with Gasteiger partial charge in [0.2, 0.25) is 0 Å². The highest BCUT2D eigenvalue weighted by atomic mass is 32.2. The molecule has 12 heteroatoms. The zero-order valence-electron chi connectivity index (χ0n) is 19.5. The fraction of sp³-hybridized carbons (Fsp3) is 0.417. The molecule has 0 amide bonds. The van der Waals surface area contributed by atoms with Gasteiger partial charge in [0.1, 0.15) is 17.5 Å². The first-order valence-corrected chi connectivity index (χ1v) is 12.4. The first-order chi connectivity index (χ1) is 17.1. The fourth-order valence-corrected chi connectivity index (χ4v) is 6.15. The summed E-state index contributed by atoms with van der Waals surface area (Å²) in [6.45, 7) is 3.57. The Morgan fingerprint density at radius 2 is 2.00 bits per heavy atom. The van der Waals surface area contributed by atoms with Gasteiger partial charge in [0.15, 0.2) is 0 Å². The van der Waals surface area contributed by atoms with Crippen molar-refractivity contribution in [3.63, 3.8) is 0 Å². The van der Waals surface area contributed by atoms with Gasteiger partial charge in [-0.15, -0.1) is 11.8 Å². The maximum absolute atomic E-state index is 14.9. The average Bonchev–Trinajstić information content (AvgIpc) is 3.02. The molecule has 5 rings (SSSR count). The minimum absolute atomic E-state index is 0.0763. The van der Waals surface area contributed by atoms with E-state index in [4.69, 9.17) is 4.74 Å². The van der Waals surface area contributed by atoms with Gasteiger partial charge in [-0.25, -0.2) is 13.6 Å². The highest BCUT2D eigenvalue weighted by Gasteiger charge is 2.39. The van der Waals surface area contributed by atoms with Crippen molar-refractivity contribution in [1.29, 1.82) is 0 Å². The van der Waals surface area contributed by atoms with Gasteiger partial charge < -0.3 is 15.0 Å². The van der Waals surface area contributed by atoms with Gasteiger partial charge in [0, 0.05) is 66.0 Å². The summed E-state index contributed by atoms with van der Waals surface area (Å²) >= 11 is 1.06. The van der Waals surface area contributed by atoms with E-state index in [-0.39, 0.29) is 40.0 Å². The van der Waals surface area contributed by atoms with Gasteiger partial charge in [0.05, 0.1) is 23.7 Å². The van der Waals surface area contributed by atoms with Crippen molar-refractivity contribution in [2.24, 2.45) is 0 Å². The molecule has 1 saturated heterocycles. The minimum atomic E-state index is -4.86. The Bertz CT molecular complexity index is 1390. The number of piperazine rings is 1. The van der Waals surface area contributed by atoms with Crippen LogP contribution in [0.1, 0.15) is 12.5 Å². The van der Waals surface area contributed by atoms with Crippen LogP contribution in [0.5, 0.6) is 0 Å². The number of rotatable bonds is 3. The van der Waals surface area contributed by atoms with Crippen LogP contribution in [0.4, 0.5) is 27.8 Å². The number of alkyl halides is 3. The molecule has 0 spiro atoms. The molecule has 1 aromatic heterocycles. The molecule has 2 aliphatic rings. The number of methoxy groups -OCH3 is 1. The molecule has 1 N–H and O–H groups in total. The molecular weight excluding hydrogens is 503 g/mol. The molecule has 0 radical (unpaired) electrons. The maximum atomic E-state index is 14.9. The van der Waals surface area contributed by atoms with E-state index in [1.165, 1.54) is 11.7 Å². The number of hydrogen-bond acceptors (Lipinski definition) is 6. The van der Waals surface area contributed by atoms with Crippen LogP contribution in [0.2, 0.25) is 0 Å². The molecule has 1 unspecified atom stereocenters. The Kier molecular flexibility index (Phi) is 6.46. The summed E-state index contributed by atoms with van der Waals surface area (Å²) in [4.78, 5) is 19.4. The summed E-state index contributed by atoms with van der Waals surface area (Å²) in [5.41, 5.74) is -2.27. The van der Waals surface area contributed by atoms with Crippen LogP contribution in [0.25, 0.3) is 22.0 Å². The molecule has 192 valence electrons. The van der Waals surface area contributed by atoms with Crippen molar-refractivity contribution in [3.8, 4) is 11.1 Å². The normalized spacial score (nSPS) is 20.6. The van der Waals surface area contributed by atoms with E-state index in [0.29, 0.717) is 25.7 Å². The van der Waals surface area contributed by atoms with Crippen molar-refractivity contribution < 1.29 is 26.7 Å². The lowest BCUT2D eigenvalue weighted by Gasteiger charge is -2.36. The quantitative estimate of drug-likeness (QED) is 0.515. The van der Waals surface area contributed by atoms with E-state index in [1.807, 2.05) is 11.8 Å². The zero-order valence-corrected chi connectivity index (χ0v) is 20.3. The van der Waals surface area contributed by atoms with Crippen molar-refractivity contribution in [2.75, 3.05) is 37.4 Å². The van der Waals surface area contributed by atoms with Crippen LogP contribution in [-0.2, 0) is 17.5 Å². The molecule has 2 atom stereocenters. The summed E-state index contributed by atoms with van der Waals surface area (Å²) in [6, 6.07) is 3.29. The first kappa shape index (κ1) is 25.0. The Morgan fingerprint density at radius 1 is 1.22 bits per heavy atom. The number of aromatic nitrogens is 2. The van der Waals surface area contributed by atoms with Gasteiger partial charge in [0.25, 0.3) is 0 Å². The summed E-state index contributed by atoms with van der Waals surface area (Å²) in [7, 11) is 1.45. The minimum Gasteiger partial charge on any atom is -0.379 e. The monoisotopic (exact) mass is 526 g/mol. The summed E-state index contributed by atoms with van der Waals surface area (Å²) < 4.78 is 79.0. The van der Waals surface area contributed by atoms with Crippen molar-refractivity contribution >= 4 is 28.5 Å².